The Hall–Kier alpha value is -1.67. The SMILES string of the molecule is CCc1cnc(CNS(=O)(=O)c2cnc(C)[nH]2)o1. The van der Waals surface area contributed by atoms with Gasteiger partial charge in [0, 0.05) is 6.42 Å². The fourth-order valence-corrected chi connectivity index (χ4v) is 2.31. The average molecular weight is 270 g/mol. The number of sulfonamides is 1. The van der Waals surface area contributed by atoms with Crippen molar-refractivity contribution in [2.45, 2.75) is 31.8 Å². The average Bonchev–Trinajstić information content (AvgIpc) is 2.95. The van der Waals surface area contributed by atoms with E-state index in [0.29, 0.717) is 11.7 Å². The zero-order valence-electron chi connectivity index (χ0n) is 10.1. The van der Waals surface area contributed by atoms with Crippen LogP contribution in [0, 0.1) is 6.92 Å². The molecule has 2 aromatic rings. The quantitative estimate of drug-likeness (QED) is 0.834. The van der Waals surface area contributed by atoms with Gasteiger partial charge in [-0.05, 0) is 6.92 Å². The number of hydrogen-bond acceptors (Lipinski definition) is 5. The lowest BCUT2D eigenvalue weighted by Crippen LogP contribution is -2.23. The minimum absolute atomic E-state index is 0.0143. The van der Waals surface area contributed by atoms with E-state index in [9.17, 15) is 8.42 Å². The van der Waals surface area contributed by atoms with E-state index in [-0.39, 0.29) is 11.6 Å². The Balaban J connectivity index is 2.05. The number of nitrogens with zero attached hydrogens (tertiary/aromatic N) is 2. The summed E-state index contributed by atoms with van der Waals surface area (Å²) in [5, 5.41) is 0.0299. The van der Waals surface area contributed by atoms with Gasteiger partial charge in [-0.25, -0.2) is 23.1 Å². The highest BCUT2D eigenvalue weighted by Gasteiger charge is 2.17. The van der Waals surface area contributed by atoms with E-state index in [1.165, 1.54) is 6.20 Å². The van der Waals surface area contributed by atoms with E-state index in [1.54, 1.807) is 13.1 Å². The Morgan fingerprint density at radius 1 is 1.39 bits per heavy atom. The third-order valence-electron chi connectivity index (χ3n) is 2.33. The summed E-state index contributed by atoms with van der Waals surface area (Å²) in [5.74, 6) is 1.60. The molecule has 0 saturated heterocycles. The van der Waals surface area contributed by atoms with Crippen LogP contribution in [-0.2, 0) is 23.0 Å². The Kier molecular flexibility index (Phi) is 3.48. The van der Waals surface area contributed by atoms with Crippen molar-refractivity contribution in [2.75, 3.05) is 0 Å². The van der Waals surface area contributed by atoms with Crippen LogP contribution >= 0.6 is 0 Å². The van der Waals surface area contributed by atoms with Crippen LogP contribution in [-0.4, -0.2) is 23.4 Å². The van der Waals surface area contributed by atoms with Crippen LogP contribution in [0.4, 0.5) is 0 Å². The molecule has 0 spiro atoms. The fraction of sp³-hybridized carbons (Fsp3) is 0.400. The molecule has 0 aliphatic rings. The van der Waals surface area contributed by atoms with Gasteiger partial charge in [-0.15, -0.1) is 0 Å². The van der Waals surface area contributed by atoms with Crippen molar-refractivity contribution in [3.8, 4) is 0 Å². The lowest BCUT2D eigenvalue weighted by Gasteiger charge is -2.01. The summed E-state index contributed by atoms with van der Waals surface area (Å²) in [6.07, 6.45) is 3.58. The predicted octanol–water partition coefficient (Wildman–Crippen LogP) is 0.747. The first-order chi connectivity index (χ1) is 8.51. The first kappa shape index (κ1) is 12.8. The van der Waals surface area contributed by atoms with Crippen LogP contribution in [0.25, 0.3) is 0 Å². The maximum absolute atomic E-state index is 11.8. The molecule has 2 heterocycles. The first-order valence-corrected chi connectivity index (χ1v) is 6.94. The maximum Gasteiger partial charge on any atom is 0.258 e. The van der Waals surface area contributed by atoms with Gasteiger partial charge in [-0.2, -0.15) is 0 Å². The van der Waals surface area contributed by atoms with E-state index in [1.807, 2.05) is 6.92 Å². The number of aromatic amines is 1. The van der Waals surface area contributed by atoms with Crippen molar-refractivity contribution in [2.24, 2.45) is 0 Å². The number of aryl methyl sites for hydroxylation is 2. The second-order valence-corrected chi connectivity index (χ2v) is 5.47. The number of rotatable bonds is 5. The standard InChI is InChI=1S/C10H14N4O3S/c1-3-8-4-12-9(17-8)5-13-18(15,16)10-6-11-7(2)14-10/h4,6,13H,3,5H2,1-2H3,(H,11,14). The van der Waals surface area contributed by atoms with E-state index < -0.39 is 10.0 Å². The van der Waals surface area contributed by atoms with Gasteiger partial charge in [0.15, 0.2) is 5.03 Å². The second kappa shape index (κ2) is 4.91. The summed E-state index contributed by atoms with van der Waals surface area (Å²) in [6.45, 7) is 3.63. The van der Waals surface area contributed by atoms with Gasteiger partial charge >= 0.3 is 0 Å². The number of H-pyrrole nitrogens is 1. The highest BCUT2D eigenvalue weighted by atomic mass is 32.2. The van der Waals surface area contributed by atoms with Gasteiger partial charge in [0.2, 0.25) is 5.89 Å². The monoisotopic (exact) mass is 270 g/mol. The minimum atomic E-state index is -3.60. The molecule has 0 unspecified atom stereocenters. The molecule has 0 fully saturated rings. The largest absolute Gasteiger partial charge is 0.444 e. The molecule has 2 N–H and O–H groups in total. The highest BCUT2D eigenvalue weighted by Crippen LogP contribution is 2.08. The van der Waals surface area contributed by atoms with Crippen LogP contribution in [0.3, 0.4) is 0 Å². The lowest BCUT2D eigenvalue weighted by molar-refractivity contribution is 0.452. The summed E-state index contributed by atoms with van der Waals surface area (Å²) in [7, 11) is -3.60. The van der Waals surface area contributed by atoms with Crippen molar-refractivity contribution in [3.05, 3.63) is 29.9 Å². The Labute approximate surface area is 105 Å². The van der Waals surface area contributed by atoms with Crippen molar-refractivity contribution < 1.29 is 12.8 Å². The second-order valence-electron chi connectivity index (χ2n) is 3.73. The summed E-state index contributed by atoms with van der Waals surface area (Å²) in [6, 6.07) is 0. The molecule has 7 nitrogen and oxygen atoms in total. The van der Waals surface area contributed by atoms with Gasteiger partial charge in [-0.1, -0.05) is 6.92 Å². The zero-order chi connectivity index (χ0) is 13.2. The van der Waals surface area contributed by atoms with E-state index in [2.05, 4.69) is 19.7 Å². The third-order valence-corrected chi connectivity index (χ3v) is 3.64. The van der Waals surface area contributed by atoms with Crippen LogP contribution < -0.4 is 4.72 Å². The fourth-order valence-electron chi connectivity index (χ4n) is 1.36. The Morgan fingerprint density at radius 3 is 2.72 bits per heavy atom. The van der Waals surface area contributed by atoms with Crippen LogP contribution in [0.2, 0.25) is 0 Å². The molecule has 98 valence electrons. The van der Waals surface area contributed by atoms with E-state index >= 15 is 0 Å². The van der Waals surface area contributed by atoms with Crippen molar-refractivity contribution in [3.63, 3.8) is 0 Å². The normalized spacial score (nSPS) is 11.9. The maximum atomic E-state index is 11.8. The van der Waals surface area contributed by atoms with E-state index in [0.717, 1.165) is 12.2 Å². The molecule has 0 radical (unpaired) electrons. The molecule has 0 amide bonds. The molecule has 0 aliphatic carbocycles. The molecule has 0 atom stereocenters. The Morgan fingerprint density at radius 2 is 2.17 bits per heavy atom. The molecule has 18 heavy (non-hydrogen) atoms. The number of hydrogen-bond donors (Lipinski definition) is 2. The molecule has 2 aromatic heterocycles. The van der Waals surface area contributed by atoms with Gasteiger partial charge in [0.05, 0.1) is 18.9 Å². The number of nitrogens with one attached hydrogen (secondary N) is 2. The van der Waals surface area contributed by atoms with Crippen molar-refractivity contribution >= 4 is 10.0 Å². The summed E-state index contributed by atoms with van der Waals surface area (Å²) in [5.41, 5.74) is 0. The molecular formula is C10H14N4O3S. The van der Waals surface area contributed by atoms with Crippen LogP contribution in [0.1, 0.15) is 24.4 Å². The third kappa shape index (κ3) is 2.77. The zero-order valence-corrected chi connectivity index (χ0v) is 10.9. The molecule has 0 aliphatic heterocycles. The topological polar surface area (TPSA) is 101 Å². The van der Waals surface area contributed by atoms with Gasteiger partial charge < -0.3 is 9.40 Å². The van der Waals surface area contributed by atoms with Gasteiger partial charge in [-0.3, -0.25) is 0 Å². The van der Waals surface area contributed by atoms with Gasteiger partial charge in [0.1, 0.15) is 11.6 Å². The molecule has 0 saturated carbocycles. The predicted molar refractivity (Wildman–Crippen MR) is 63.2 cm³/mol. The molecule has 0 aromatic carbocycles. The number of imidazole rings is 1. The van der Waals surface area contributed by atoms with E-state index in [4.69, 9.17) is 4.42 Å². The lowest BCUT2D eigenvalue weighted by atomic mass is 10.4. The van der Waals surface area contributed by atoms with Gasteiger partial charge in [0.25, 0.3) is 10.0 Å². The van der Waals surface area contributed by atoms with Crippen molar-refractivity contribution in [1.82, 2.24) is 19.7 Å². The number of oxazole rings is 1. The molecule has 8 heteroatoms. The Bertz CT molecular complexity index is 629. The smallest absolute Gasteiger partial charge is 0.258 e. The summed E-state index contributed by atoms with van der Waals surface area (Å²) >= 11 is 0. The highest BCUT2D eigenvalue weighted by molar-refractivity contribution is 7.89. The van der Waals surface area contributed by atoms with Crippen molar-refractivity contribution in [1.29, 1.82) is 0 Å². The molecular weight excluding hydrogens is 256 g/mol. The van der Waals surface area contributed by atoms with Crippen LogP contribution in [0.15, 0.2) is 21.8 Å². The summed E-state index contributed by atoms with van der Waals surface area (Å²) < 4.78 is 31.4. The first-order valence-electron chi connectivity index (χ1n) is 5.46. The molecule has 2 rings (SSSR count). The number of aromatic nitrogens is 3. The minimum Gasteiger partial charge on any atom is -0.444 e. The van der Waals surface area contributed by atoms with Crippen LogP contribution in [0.5, 0.6) is 0 Å². The summed E-state index contributed by atoms with van der Waals surface area (Å²) in [4.78, 5) is 10.5. The molecule has 0 bridgehead atoms.